The maximum atomic E-state index is 12.9. The summed E-state index contributed by atoms with van der Waals surface area (Å²) >= 11 is 0. The van der Waals surface area contributed by atoms with E-state index < -0.39 is 10.0 Å². The first-order valence-electron chi connectivity index (χ1n) is 8.21. The van der Waals surface area contributed by atoms with E-state index in [-0.39, 0.29) is 6.04 Å². The molecule has 130 valence electrons. The predicted molar refractivity (Wildman–Crippen MR) is 100 cm³/mol. The number of nitrogens with one attached hydrogen (secondary N) is 1. The summed E-state index contributed by atoms with van der Waals surface area (Å²) in [5, 5.41) is 0. The molecule has 2 rings (SSSR count). The molecule has 0 unspecified atom stereocenters. The minimum atomic E-state index is -3.58. The Kier molecular flexibility index (Phi) is 5.21. The van der Waals surface area contributed by atoms with Crippen LogP contribution in [0.4, 0.5) is 0 Å². The van der Waals surface area contributed by atoms with E-state index >= 15 is 0 Å². The van der Waals surface area contributed by atoms with Gasteiger partial charge >= 0.3 is 0 Å². The lowest BCUT2D eigenvalue weighted by molar-refractivity contribution is 0.565. The maximum Gasteiger partial charge on any atom is 0.241 e. The van der Waals surface area contributed by atoms with E-state index in [2.05, 4.69) is 23.8 Å². The minimum absolute atomic E-state index is 0.283. The summed E-state index contributed by atoms with van der Waals surface area (Å²) in [6, 6.07) is 7.72. The monoisotopic (exact) mass is 345 g/mol. The predicted octanol–water partition coefficient (Wildman–Crippen LogP) is 4.58. The second-order valence-electron chi connectivity index (χ2n) is 6.86. The topological polar surface area (TPSA) is 46.2 Å². The van der Waals surface area contributed by atoms with Crippen LogP contribution >= 0.6 is 0 Å². The highest BCUT2D eigenvalue weighted by Crippen LogP contribution is 2.26. The minimum Gasteiger partial charge on any atom is -0.207 e. The summed E-state index contributed by atoms with van der Waals surface area (Å²) in [6.07, 6.45) is 0. The van der Waals surface area contributed by atoms with Gasteiger partial charge in [-0.25, -0.2) is 13.1 Å². The molecule has 0 heterocycles. The highest BCUT2D eigenvalue weighted by atomic mass is 32.2. The molecular formula is C20H27NO2S. The molecule has 0 radical (unpaired) electrons. The first-order chi connectivity index (χ1) is 11.0. The second kappa shape index (κ2) is 6.69. The molecule has 1 atom stereocenters. The maximum absolute atomic E-state index is 12.9. The first-order valence-corrected chi connectivity index (χ1v) is 9.69. The van der Waals surface area contributed by atoms with E-state index in [4.69, 9.17) is 0 Å². The molecule has 0 spiro atoms. The average molecular weight is 346 g/mol. The van der Waals surface area contributed by atoms with Gasteiger partial charge in [0.15, 0.2) is 0 Å². The van der Waals surface area contributed by atoms with Crippen LogP contribution in [0.25, 0.3) is 0 Å². The van der Waals surface area contributed by atoms with Crippen molar-refractivity contribution in [3.05, 3.63) is 63.2 Å². The molecule has 0 aliphatic heterocycles. The van der Waals surface area contributed by atoms with Crippen molar-refractivity contribution in [1.29, 1.82) is 0 Å². The zero-order valence-corrected chi connectivity index (χ0v) is 16.4. The molecule has 2 aromatic rings. The largest absolute Gasteiger partial charge is 0.241 e. The van der Waals surface area contributed by atoms with Crippen molar-refractivity contribution in [3.63, 3.8) is 0 Å². The Balaban J connectivity index is 2.42. The standard InChI is InChI=1S/C20H27NO2S/c1-12-8-16(5)20(17(6)9-12)24(22,23)21-18(7)19-11-14(3)13(2)10-15(19)4/h8-11,18,21H,1-7H3/t18-/m1/s1. The number of aryl methyl sites for hydroxylation is 6. The number of hydrogen-bond donors (Lipinski definition) is 1. The zero-order chi connectivity index (χ0) is 18.2. The van der Waals surface area contributed by atoms with E-state index in [0.29, 0.717) is 4.90 Å². The molecule has 3 nitrogen and oxygen atoms in total. The van der Waals surface area contributed by atoms with Crippen LogP contribution < -0.4 is 4.72 Å². The summed E-state index contributed by atoms with van der Waals surface area (Å²) in [6.45, 7) is 13.7. The van der Waals surface area contributed by atoms with Gasteiger partial charge in [-0.1, -0.05) is 29.8 Å². The molecule has 2 aromatic carbocycles. The zero-order valence-electron chi connectivity index (χ0n) is 15.6. The molecule has 0 bridgehead atoms. The molecule has 0 aromatic heterocycles. The number of rotatable bonds is 4. The SMILES string of the molecule is Cc1cc(C)c(S(=O)(=O)N[C@H](C)c2cc(C)c(C)cc2C)c(C)c1. The fourth-order valence-corrected chi connectivity index (χ4v) is 5.07. The van der Waals surface area contributed by atoms with Crippen molar-refractivity contribution in [2.24, 2.45) is 0 Å². The molecule has 0 saturated carbocycles. The summed E-state index contributed by atoms with van der Waals surface area (Å²) in [4.78, 5) is 0.390. The first kappa shape index (κ1) is 18.7. The Hall–Kier alpha value is -1.65. The van der Waals surface area contributed by atoms with E-state index in [1.54, 1.807) is 0 Å². The van der Waals surface area contributed by atoms with E-state index in [9.17, 15) is 8.42 Å². The molecule has 4 heteroatoms. The highest BCUT2D eigenvalue weighted by Gasteiger charge is 2.23. The van der Waals surface area contributed by atoms with Crippen LogP contribution in [0.3, 0.4) is 0 Å². The highest BCUT2D eigenvalue weighted by molar-refractivity contribution is 7.89. The van der Waals surface area contributed by atoms with Gasteiger partial charge in [0.1, 0.15) is 0 Å². The second-order valence-corrected chi connectivity index (χ2v) is 8.51. The Morgan fingerprint density at radius 3 is 1.79 bits per heavy atom. The average Bonchev–Trinajstić information content (AvgIpc) is 2.40. The van der Waals surface area contributed by atoms with Crippen LogP contribution in [-0.4, -0.2) is 8.42 Å². The Morgan fingerprint density at radius 2 is 1.25 bits per heavy atom. The normalized spacial score (nSPS) is 13.1. The van der Waals surface area contributed by atoms with Gasteiger partial charge in [-0.05, 0) is 81.8 Å². The fraction of sp³-hybridized carbons (Fsp3) is 0.400. The van der Waals surface area contributed by atoms with Gasteiger partial charge < -0.3 is 0 Å². The van der Waals surface area contributed by atoms with Crippen molar-refractivity contribution in [1.82, 2.24) is 4.72 Å². The molecule has 24 heavy (non-hydrogen) atoms. The summed E-state index contributed by atoms with van der Waals surface area (Å²) in [5.74, 6) is 0. The molecule has 0 aliphatic rings. The van der Waals surface area contributed by atoms with Crippen LogP contribution in [0, 0.1) is 41.5 Å². The van der Waals surface area contributed by atoms with Crippen molar-refractivity contribution >= 4 is 10.0 Å². The van der Waals surface area contributed by atoms with Crippen LogP contribution in [0.15, 0.2) is 29.2 Å². The van der Waals surface area contributed by atoms with E-state index in [1.165, 1.54) is 11.1 Å². The van der Waals surface area contributed by atoms with Gasteiger partial charge in [-0.15, -0.1) is 0 Å². The van der Waals surface area contributed by atoms with E-state index in [1.807, 2.05) is 53.7 Å². The third-order valence-corrected chi connectivity index (χ3v) is 6.40. The summed E-state index contributed by atoms with van der Waals surface area (Å²) in [5.41, 5.74) is 7.14. The van der Waals surface area contributed by atoms with Crippen molar-refractivity contribution in [2.45, 2.75) is 59.4 Å². The van der Waals surface area contributed by atoms with Crippen molar-refractivity contribution < 1.29 is 8.42 Å². The molecule has 0 amide bonds. The van der Waals surface area contributed by atoms with Crippen LogP contribution in [-0.2, 0) is 10.0 Å². The third kappa shape index (κ3) is 3.70. The van der Waals surface area contributed by atoms with Crippen LogP contribution in [0.5, 0.6) is 0 Å². The molecular weight excluding hydrogens is 318 g/mol. The van der Waals surface area contributed by atoms with Crippen LogP contribution in [0.2, 0.25) is 0 Å². The summed E-state index contributed by atoms with van der Waals surface area (Å²) < 4.78 is 28.7. The quantitative estimate of drug-likeness (QED) is 0.882. The van der Waals surface area contributed by atoms with Gasteiger partial charge in [-0.3, -0.25) is 0 Å². The van der Waals surface area contributed by atoms with Crippen molar-refractivity contribution in [3.8, 4) is 0 Å². The number of hydrogen-bond acceptors (Lipinski definition) is 2. The lowest BCUT2D eigenvalue weighted by Crippen LogP contribution is -2.28. The molecule has 0 aliphatic carbocycles. The molecule has 0 fully saturated rings. The van der Waals surface area contributed by atoms with Gasteiger partial charge in [-0.2, -0.15) is 0 Å². The van der Waals surface area contributed by atoms with Crippen LogP contribution in [0.1, 0.15) is 51.9 Å². The van der Waals surface area contributed by atoms with Crippen molar-refractivity contribution in [2.75, 3.05) is 0 Å². The van der Waals surface area contributed by atoms with Gasteiger partial charge in [0.25, 0.3) is 0 Å². The van der Waals surface area contributed by atoms with Gasteiger partial charge in [0.05, 0.1) is 4.90 Å². The smallest absolute Gasteiger partial charge is 0.207 e. The fourth-order valence-electron chi connectivity index (χ4n) is 3.40. The van der Waals surface area contributed by atoms with E-state index in [0.717, 1.165) is 27.8 Å². The lowest BCUT2D eigenvalue weighted by Gasteiger charge is -2.20. The summed E-state index contributed by atoms with van der Waals surface area (Å²) in [7, 11) is -3.58. The Bertz CT molecular complexity index is 860. The van der Waals surface area contributed by atoms with Gasteiger partial charge in [0, 0.05) is 6.04 Å². The number of benzene rings is 2. The Morgan fingerprint density at radius 1 is 0.750 bits per heavy atom. The number of sulfonamides is 1. The third-order valence-electron chi connectivity index (χ3n) is 4.55. The molecule has 1 N–H and O–H groups in total. The molecule has 0 saturated heterocycles. The Labute approximate surface area is 146 Å². The van der Waals surface area contributed by atoms with Gasteiger partial charge in [0.2, 0.25) is 10.0 Å². The lowest BCUT2D eigenvalue weighted by atomic mass is 9.97.